The number of para-hydroxylation sites is 1. The van der Waals surface area contributed by atoms with Crippen molar-refractivity contribution in [1.29, 1.82) is 0 Å². The molecule has 2 heterocycles. The first-order chi connectivity index (χ1) is 8.92. The molecule has 0 bridgehead atoms. The van der Waals surface area contributed by atoms with Crippen molar-refractivity contribution in [3.8, 4) is 0 Å². The van der Waals surface area contributed by atoms with E-state index in [2.05, 4.69) is 42.5 Å². The molecule has 2 aromatic carbocycles. The summed E-state index contributed by atoms with van der Waals surface area (Å²) in [7, 11) is 0. The fourth-order valence-electron chi connectivity index (χ4n) is 2.21. The molecule has 3 aromatic rings. The Bertz CT molecular complexity index is 713. The summed E-state index contributed by atoms with van der Waals surface area (Å²) in [6.45, 7) is 0. The van der Waals surface area contributed by atoms with Gasteiger partial charge in [0.2, 0.25) is 0 Å². The summed E-state index contributed by atoms with van der Waals surface area (Å²) in [6, 6.07) is 15.1. The molecular weight excluding hydrogens is 450 g/mol. The van der Waals surface area contributed by atoms with Gasteiger partial charge in [-0.25, -0.2) is 0 Å². The van der Waals surface area contributed by atoms with Gasteiger partial charge in [0.15, 0.2) is 0 Å². The number of furan rings is 1. The summed E-state index contributed by atoms with van der Waals surface area (Å²) in [4.78, 5) is 0. The van der Waals surface area contributed by atoms with E-state index < -0.39 is 15.8 Å². The molecule has 1 nitrogen and oxygen atoms in total. The molecule has 1 aliphatic heterocycles. The fourth-order valence-corrected chi connectivity index (χ4v) is 18.7. The van der Waals surface area contributed by atoms with Crippen LogP contribution < -0.4 is 17.2 Å². The van der Waals surface area contributed by atoms with Gasteiger partial charge in [-0.1, -0.05) is 0 Å². The molecule has 3 heteroatoms. The van der Waals surface area contributed by atoms with Gasteiger partial charge in [0.1, 0.15) is 0 Å². The maximum absolute atomic E-state index is 5.96. The van der Waals surface area contributed by atoms with Gasteiger partial charge in [-0.3, -0.25) is 0 Å². The molecule has 94 valence electrons. The van der Waals surface area contributed by atoms with Crippen LogP contribution in [-0.4, -0.2) is 8.86 Å². The minimum atomic E-state index is -0.492. The molecule has 0 spiro atoms. The predicted octanol–water partition coefficient (Wildman–Crippen LogP) is 1.67. The first-order valence-corrected chi connectivity index (χ1v) is 16.5. The SMILES string of the molecule is c1ccc2c(c1)oc1cccc([I-]I3CCC3)c12. The second-order valence-corrected chi connectivity index (χ2v) is 20.8. The molecule has 1 aliphatic rings. The average molecular weight is 463 g/mol. The van der Waals surface area contributed by atoms with E-state index in [9.17, 15) is 0 Å². The number of hydrogen-bond acceptors (Lipinski definition) is 1. The first kappa shape index (κ1) is 11.5. The van der Waals surface area contributed by atoms with Gasteiger partial charge in [0.05, 0.1) is 0 Å². The van der Waals surface area contributed by atoms with E-state index in [-0.39, 0.29) is 0 Å². The van der Waals surface area contributed by atoms with Crippen LogP contribution in [0.15, 0.2) is 46.9 Å². The third kappa shape index (κ3) is 1.86. The number of benzene rings is 2. The van der Waals surface area contributed by atoms with Crippen molar-refractivity contribution in [2.75, 3.05) is 8.86 Å². The maximum atomic E-state index is 5.96. The fraction of sp³-hybridized carbons (Fsp3) is 0.200. The molecule has 4 rings (SSSR count). The monoisotopic (exact) mass is 463 g/mol. The molecule has 0 unspecified atom stereocenters. The Morgan fingerprint density at radius 2 is 1.78 bits per heavy atom. The van der Waals surface area contributed by atoms with Crippen LogP contribution >= 0.6 is 15.8 Å². The second-order valence-electron chi connectivity index (χ2n) is 4.41. The summed E-state index contributed by atoms with van der Waals surface area (Å²) >= 11 is -0.195. The second kappa shape index (κ2) is 4.67. The van der Waals surface area contributed by atoms with Crippen LogP contribution in [0.4, 0.5) is 0 Å². The summed E-state index contributed by atoms with van der Waals surface area (Å²) in [6.07, 6.45) is 1.51. The zero-order valence-corrected chi connectivity index (χ0v) is 14.1. The molecule has 1 aromatic heterocycles. The van der Waals surface area contributed by atoms with Crippen LogP contribution in [0.3, 0.4) is 0 Å². The Hall–Kier alpha value is -0.300. The zero-order chi connectivity index (χ0) is 11.9. The Morgan fingerprint density at radius 3 is 2.61 bits per heavy atom. The van der Waals surface area contributed by atoms with E-state index in [1.807, 2.05) is 0 Å². The molecule has 0 radical (unpaired) electrons. The average Bonchev–Trinajstić information content (AvgIpc) is 2.73. The van der Waals surface area contributed by atoms with Gasteiger partial charge < -0.3 is 0 Å². The van der Waals surface area contributed by atoms with E-state index in [1.54, 1.807) is 12.4 Å². The third-order valence-corrected chi connectivity index (χ3v) is 21.3. The predicted molar refractivity (Wildman–Crippen MR) is 80.8 cm³/mol. The van der Waals surface area contributed by atoms with Crippen molar-refractivity contribution in [3.63, 3.8) is 0 Å². The molecule has 0 N–H and O–H groups in total. The van der Waals surface area contributed by atoms with Crippen molar-refractivity contribution in [3.05, 3.63) is 46.0 Å². The number of alkyl halides is 2. The summed E-state index contributed by atoms with van der Waals surface area (Å²) < 4.78 is 10.8. The van der Waals surface area contributed by atoms with Gasteiger partial charge in [-0.2, -0.15) is 0 Å². The van der Waals surface area contributed by atoms with Crippen molar-refractivity contribution < 1.29 is 21.6 Å². The molecular formula is C15H13I2O-. The van der Waals surface area contributed by atoms with Crippen molar-refractivity contribution in [2.45, 2.75) is 6.42 Å². The third-order valence-electron chi connectivity index (χ3n) is 3.21. The van der Waals surface area contributed by atoms with Gasteiger partial charge in [0, 0.05) is 0 Å². The van der Waals surface area contributed by atoms with Gasteiger partial charge >= 0.3 is 121 Å². The van der Waals surface area contributed by atoms with Crippen LogP contribution in [0, 0.1) is 3.57 Å². The summed E-state index contributed by atoms with van der Waals surface area (Å²) in [5.74, 6) is 0. The molecule has 18 heavy (non-hydrogen) atoms. The van der Waals surface area contributed by atoms with E-state index >= 15 is 0 Å². The van der Waals surface area contributed by atoms with E-state index in [1.165, 1.54) is 17.2 Å². The van der Waals surface area contributed by atoms with Crippen molar-refractivity contribution >= 4 is 37.8 Å². The van der Waals surface area contributed by atoms with Crippen molar-refractivity contribution in [1.82, 2.24) is 0 Å². The van der Waals surface area contributed by atoms with E-state index in [4.69, 9.17) is 4.42 Å². The van der Waals surface area contributed by atoms with Crippen LogP contribution in [0.1, 0.15) is 6.42 Å². The van der Waals surface area contributed by atoms with Crippen LogP contribution in [0.25, 0.3) is 21.9 Å². The Kier molecular flexibility index (Phi) is 2.99. The quantitative estimate of drug-likeness (QED) is 0.417. The zero-order valence-electron chi connectivity index (χ0n) is 9.83. The van der Waals surface area contributed by atoms with Crippen molar-refractivity contribution in [2.24, 2.45) is 0 Å². The number of halogens is 2. The van der Waals surface area contributed by atoms with Gasteiger partial charge in [0.25, 0.3) is 0 Å². The van der Waals surface area contributed by atoms with Crippen LogP contribution in [-0.2, 0) is 0 Å². The molecule has 1 fully saturated rings. The topological polar surface area (TPSA) is 13.1 Å². The van der Waals surface area contributed by atoms with Crippen LogP contribution in [0.2, 0.25) is 0 Å². The Labute approximate surface area is 120 Å². The Morgan fingerprint density at radius 1 is 0.944 bits per heavy atom. The molecule has 0 atom stereocenters. The number of rotatable bonds is 2. The minimum absolute atomic E-state index is 0.296. The Balaban J connectivity index is 1.94. The van der Waals surface area contributed by atoms with E-state index in [0.29, 0.717) is 17.2 Å². The summed E-state index contributed by atoms with van der Waals surface area (Å²) in [5.41, 5.74) is 2.13. The van der Waals surface area contributed by atoms with Gasteiger partial charge in [-0.05, 0) is 0 Å². The number of fused-ring (bicyclic) bond motifs is 3. The molecule has 0 aliphatic carbocycles. The summed E-state index contributed by atoms with van der Waals surface area (Å²) in [5, 5.41) is 2.74. The number of hydrogen-bond donors (Lipinski definition) is 0. The molecule has 0 saturated carbocycles. The standard InChI is InChI=1S/C15H13I2O/c1-2-7-13-11(5-1)15-12(16-17-9-4-10-17)6-3-8-14(15)18-13/h1-3,5-8H,4,9-10H2/q-1. The molecule has 1 saturated heterocycles. The van der Waals surface area contributed by atoms with E-state index in [0.717, 1.165) is 11.2 Å². The first-order valence-electron chi connectivity index (χ1n) is 6.10. The molecule has 0 amide bonds. The van der Waals surface area contributed by atoms with Crippen LogP contribution in [0.5, 0.6) is 0 Å². The van der Waals surface area contributed by atoms with Gasteiger partial charge in [-0.15, -0.1) is 0 Å². The normalized spacial score (nSPS) is 17.4.